The fourth-order valence-electron chi connectivity index (χ4n) is 2.16. The second-order valence-electron chi connectivity index (χ2n) is 5.42. The van der Waals surface area contributed by atoms with Crippen LogP contribution < -0.4 is 10.2 Å². The molecule has 1 N–H and O–H groups in total. The SMILES string of the molecule is O=C(N/N=C/c1cccc(OC(=O)c2ccccc2)c1)c1cncc(Br)c1. The molecule has 0 radical (unpaired) electrons. The van der Waals surface area contributed by atoms with Gasteiger partial charge in [-0.3, -0.25) is 9.78 Å². The third-order valence-corrected chi connectivity index (χ3v) is 3.86. The van der Waals surface area contributed by atoms with Crippen LogP contribution in [0.1, 0.15) is 26.3 Å². The van der Waals surface area contributed by atoms with Crippen molar-refractivity contribution < 1.29 is 14.3 Å². The van der Waals surface area contributed by atoms with Gasteiger partial charge in [0, 0.05) is 16.9 Å². The van der Waals surface area contributed by atoms with Crippen LogP contribution in [0.2, 0.25) is 0 Å². The number of ether oxygens (including phenoxy) is 1. The zero-order valence-corrected chi connectivity index (χ0v) is 15.6. The number of carbonyl (C=O) groups is 2. The maximum Gasteiger partial charge on any atom is 0.343 e. The average molecular weight is 424 g/mol. The number of rotatable bonds is 5. The molecule has 0 atom stereocenters. The van der Waals surface area contributed by atoms with Crippen LogP contribution in [-0.4, -0.2) is 23.1 Å². The molecule has 0 aliphatic heterocycles. The molecule has 0 unspecified atom stereocenters. The van der Waals surface area contributed by atoms with Crippen LogP contribution in [0.3, 0.4) is 0 Å². The summed E-state index contributed by atoms with van der Waals surface area (Å²) in [6.07, 6.45) is 4.49. The van der Waals surface area contributed by atoms with Crippen molar-refractivity contribution in [3.63, 3.8) is 0 Å². The van der Waals surface area contributed by atoms with Crippen LogP contribution in [0.25, 0.3) is 0 Å². The van der Waals surface area contributed by atoms with Crippen LogP contribution in [0.15, 0.2) is 82.6 Å². The summed E-state index contributed by atoms with van der Waals surface area (Å²) >= 11 is 3.26. The third kappa shape index (κ3) is 5.32. The molecule has 0 aliphatic carbocycles. The Hall–Kier alpha value is -3.32. The van der Waals surface area contributed by atoms with E-state index in [1.54, 1.807) is 60.8 Å². The second kappa shape index (κ2) is 8.86. The molecule has 134 valence electrons. The first-order valence-electron chi connectivity index (χ1n) is 7.93. The van der Waals surface area contributed by atoms with Crippen LogP contribution in [-0.2, 0) is 0 Å². The van der Waals surface area contributed by atoms with Gasteiger partial charge in [0.2, 0.25) is 0 Å². The molecule has 27 heavy (non-hydrogen) atoms. The fraction of sp³-hybridized carbons (Fsp3) is 0. The van der Waals surface area contributed by atoms with Gasteiger partial charge in [-0.25, -0.2) is 10.2 Å². The number of aromatic nitrogens is 1. The van der Waals surface area contributed by atoms with Gasteiger partial charge in [-0.05, 0) is 51.8 Å². The third-order valence-electron chi connectivity index (χ3n) is 3.42. The summed E-state index contributed by atoms with van der Waals surface area (Å²) in [5.74, 6) is -0.442. The van der Waals surface area contributed by atoms with E-state index in [2.05, 4.69) is 31.4 Å². The maximum atomic E-state index is 12.1. The van der Waals surface area contributed by atoms with Crippen molar-refractivity contribution in [2.24, 2.45) is 5.10 Å². The van der Waals surface area contributed by atoms with E-state index in [-0.39, 0.29) is 5.91 Å². The van der Waals surface area contributed by atoms with Gasteiger partial charge in [0.15, 0.2) is 0 Å². The molecule has 0 spiro atoms. The summed E-state index contributed by atoms with van der Waals surface area (Å²) in [6, 6.07) is 17.2. The number of amides is 1. The van der Waals surface area contributed by atoms with Crippen molar-refractivity contribution in [1.29, 1.82) is 0 Å². The lowest BCUT2D eigenvalue weighted by molar-refractivity contribution is 0.0734. The van der Waals surface area contributed by atoms with E-state index in [0.29, 0.717) is 26.9 Å². The highest BCUT2D eigenvalue weighted by molar-refractivity contribution is 9.10. The number of pyridine rings is 1. The van der Waals surface area contributed by atoms with Gasteiger partial charge in [-0.15, -0.1) is 0 Å². The Kier molecular flexibility index (Phi) is 6.06. The molecular formula is C20H14BrN3O3. The van der Waals surface area contributed by atoms with Gasteiger partial charge in [0.05, 0.1) is 17.3 Å². The number of hydrogen-bond donors (Lipinski definition) is 1. The Balaban J connectivity index is 1.62. The summed E-state index contributed by atoms with van der Waals surface area (Å²) in [5, 5.41) is 3.92. The number of hydrogen-bond acceptors (Lipinski definition) is 5. The Labute approximate surface area is 164 Å². The number of nitrogens with zero attached hydrogens (tertiary/aromatic N) is 2. The predicted molar refractivity (Wildman–Crippen MR) is 105 cm³/mol. The standard InChI is InChI=1S/C20H14BrN3O3/c21-17-10-16(12-22-13-17)19(25)24-23-11-14-5-4-8-18(9-14)27-20(26)15-6-2-1-3-7-15/h1-13H,(H,24,25)/b23-11+. The first-order chi connectivity index (χ1) is 13.1. The van der Waals surface area contributed by atoms with Gasteiger partial charge in [-0.2, -0.15) is 5.10 Å². The number of hydrazone groups is 1. The molecule has 1 aromatic heterocycles. The molecule has 1 amide bonds. The summed E-state index contributed by atoms with van der Waals surface area (Å²) in [5.41, 5.74) is 3.94. The zero-order valence-electron chi connectivity index (χ0n) is 14.0. The minimum atomic E-state index is -0.444. The van der Waals surface area contributed by atoms with E-state index in [0.717, 1.165) is 0 Å². The fourth-order valence-corrected chi connectivity index (χ4v) is 2.53. The molecule has 0 aliphatic rings. The first-order valence-corrected chi connectivity index (χ1v) is 8.72. The minimum Gasteiger partial charge on any atom is -0.423 e. The maximum absolute atomic E-state index is 12.1. The van der Waals surface area contributed by atoms with Crippen molar-refractivity contribution in [1.82, 2.24) is 10.4 Å². The minimum absolute atomic E-state index is 0.382. The summed E-state index contributed by atoms with van der Waals surface area (Å²) in [7, 11) is 0. The highest BCUT2D eigenvalue weighted by atomic mass is 79.9. The molecule has 6 nitrogen and oxygen atoms in total. The lowest BCUT2D eigenvalue weighted by Gasteiger charge is -2.05. The largest absolute Gasteiger partial charge is 0.423 e. The van der Waals surface area contributed by atoms with E-state index < -0.39 is 5.97 Å². The molecule has 3 rings (SSSR count). The molecule has 7 heteroatoms. The number of halogens is 1. The smallest absolute Gasteiger partial charge is 0.343 e. The Morgan fingerprint density at radius 3 is 2.59 bits per heavy atom. The van der Waals surface area contributed by atoms with Crippen molar-refractivity contribution in [2.75, 3.05) is 0 Å². The van der Waals surface area contributed by atoms with Gasteiger partial charge < -0.3 is 4.74 Å². The van der Waals surface area contributed by atoms with Gasteiger partial charge in [-0.1, -0.05) is 30.3 Å². The topological polar surface area (TPSA) is 80.6 Å². The molecular weight excluding hydrogens is 410 g/mol. The van der Waals surface area contributed by atoms with Gasteiger partial charge in [0.1, 0.15) is 5.75 Å². The van der Waals surface area contributed by atoms with E-state index in [1.165, 1.54) is 12.4 Å². The zero-order chi connectivity index (χ0) is 19.1. The second-order valence-corrected chi connectivity index (χ2v) is 6.33. The highest BCUT2D eigenvalue weighted by Gasteiger charge is 2.08. The molecule has 0 saturated heterocycles. The summed E-state index contributed by atoms with van der Waals surface area (Å²) < 4.78 is 6.05. The van der Waals surface area contributed by atoms with E-state index in [1.807, 2.05) is 6.07 Å². The summed E-state index contributed by atoms with van der Waals surface area (Å²) in [4.78, 5) is 28.0. The predicted octanol–water partition coefficient (Wildman–Crippen LogP) is 3.83. The lowest BCUT2D eigenvalue weighted by atomic mass is 10.2. The van der Waals surface area contributed by atoms with E-state index in [9.17, 15) is 9.59 Å². The highest BCUT2D eigenvalue weighted by Crippen LogP contribution is 2.14. The van der Waals surface area contributed by atoms with Crippen molar-refractivity contribution in [3.05, 3.63) is 94.2 Å². The van der Waals surface area contributed by atoms with Crippen LogP contribution >= 0.6 is 15.9 Å². The van der Waals surface area contributed by atoms with Crippen LogP contribution in [0.4, 0.5) is 0 Å². The molecule has 2 aromatic carbocycles. The number of benzene rings is 2. The Morgan fingerprint density at radius 2 is 1.81 bits per heavy atom. The van der Waals surface area contributed by atoms with Crippen LogP contribution in [0, 0.1) is 0 Å². The Morgan fingerprint density at radius 1 is 1.00 bits per heavy atom. The summed E-state index contributed by atoms with van der Waals surface area (Å²) in [6.45, 7) is 0. The van der Waals surface area contributed by atoms with Crippen molar-refractivity contribution in [2.45, 2.75) is 0 Å². The quantitative estimate of drug-likeness (QED) is 0.292. The lowest BCUT2D eigenvalue weighted by Crippen LogP contribution is -2.17. The number of carbonyl (C=O) groups excluding carboxylic acids is 2. The Bertz CT molecular complexity index is 991. The monoisotopic (exact) mass is 423 g/mol. The first kappa shape index (κ1) is 18.5. The molecule has 0 bridgehead atoms. The van der Waals surface area contributed by atoms with Crippen molar-refractivity contribution in [3.8, 4) is 5.75 Å². The van der Waals surface area contributed by atoms with Gasteiger partial charge in [0.25, 0.3) is 5.91 Å². The number of esters is 1. The van der Waals surface area contributed by atoms with E-state index in [4.69, 9.17) is 4.74 Å². The van der Waals surface area contributed by atoms with Crippen LogP contribution in [0.5, 0.6) is 5.75 Å². The average Bonchev–Trinajstić information content (AvgIpc) is 2.69. The van der Waals surface area contributed by atoms with Gasteiger partial charge >= 0.3 is 5.97 Å². The molecule has 0 saturated carbocycles. The number of nitrogens with one attached hydrogen (secondary N) is 1. The molecule has 0 fully saturated rings. The van der Waals surface area contributed by atoms with E-state index >= 15 is 0 Å². The van der Waals surface area contributed by atoms with Crippen molar-refractivity contribution >= 4 is 34.0 Å². The molecule has 3 aromatic rings. The molecule has 1 heterocycles. The normalized spacial score (nSPS) is 10.6.